The molecule has 0 radical (unpaired) electrons. The van der Waals surface area contributed by atoms with Crippen LogP contribution in [0.5, 0.6) is 11.5 Å². The molecule has 0 heterocycles. The van der Waals surface area contributed by atoms with Crippen LogP contribution < -0.4 is 9.47 Å². The molecule has 0 amide bonds. The van der Waals surface area contributed by atoms with E-state index in [0.29, 0.717) is 17.6 Å². The molecule has 3 heteroatoms. The van der Waals surface area contributed by atoms with Crippen molar-refractivity contribution in [3.63, 3.8) is 0 Å². The minimum Gasteiger partial charge on any atom is -0.482 e. The van der Waals surface area contributed by atoms with Gasteiger partial charge in [-0.15, -0.1) is 0 Å². The third kappa shape index (κ3) is 3.97. The third-order valence-electron chi connectivity index (χ3n) is 6.94. The van der Waals surface area contributed by atoms with Crippen molar-refractivity contribution in [3.05, 3.63) is 96.1 Å². The quantitative estimate of drug-likeness (QED) is 0.331. The van der Waals surface area contributed by atoms with Gasteiger partial charge in [-0.25, -0.2) is 0 Å². The van der Waals surface area contributed by atoms with Gasteiger partial charge in [0.2, 0.25) is 0 Å². The van der Waals surface area contributed by atoms with Crippen molar-refractivity contribution in [2.24, 2.45) is 17.8 Å². The highest BCUT2D eigenvalue weighted by Crippen LogP contribution is 2.44. The Morgan fingerprint density at radius 2 is 1.42 bits per heavy atom. The SMILES string of the molecule is CC(C)(c1ccc(OC(=O)C2CC3C=CC2C3)cc1)c1ccc(OC2C=CC=C2)cc1. The molecular weight excluding hydrogens is 384 g/mol. The lowest BCUT2D eigenvalue weighted by atomic mass is 9.78. The summed E-state index contributed by atoms with van der Waals surface area (Å²) in [7, 11) is 0. The molecule has 2 bridgehead atoms. The molecule has 0 aliphatic heterocycles. The molecule has 1 fully saturated rings. The molecule has 5 rings (SSSR count). The molecule has 0 N–H and O–H groups in total. The van der Waals surface area contributed by atoms with Gasteiger partial charge in [-0.2, -0.15) is 0 Å². The highest BCUT2D eigenvalue weighted by atomic mass is 16.5. The Morgan fingerprint density at radius 1 is 0.806 bits per heavy atom. The van der Waals surface area contributed by atoms with Crippen molar-refractivity contribution >= 4 is 5.97 Å². The summed E-state index contributed by atoms with van der Waals surface area (Å²) in [5, 5.41) is 0. The molecule has 3 aliphatic carbocycles. The first kappa shape index (κ1) is 19.9. The standard InChI is InChI=1S/C28H28O3/c1-28(2,21-9-13-24(14-10-21)30-23-5-3-4-6-23)22-11-15-25(16-12-22)31-27(29)26-18-19-7-8-20(26)17-19/h3-16,19-20,23,26H,17-18H2,1-2H3. The van der Waals surface area contributed by atoms with Crippen molar-refractivity contribution in [1.29, 1.82) is 0 Å². The van der Waals surface area contributed by atoms with Crippen LogP contribution in [0.25, 0.3) is 0 Å². The monoisotopic (exact) mass is 412 g/mol. The minimum atomic E-state index is -0.177. The van der Waals surface area contributed by atoms with E-state index >= 15 is 0 Å². The molecule has 0 aromatic heterocycles. The van der Waals surface area contributed by atoms with Crippen LogP contribution in [-0.4, -0.2) is 12.1 Å². The molecule has 3 unspecified atom stereocenters. The van der Waals surface area contributed by atoms with Gasteiger partial charge < -0.3 is 9.47 Å². The first-order valence-corrected chi connectivity index (χ1v) is 11.1. The summed E-state index contributed by atoms with van der Waals surface area (Å²) in [4.78, 5) is 12.6. The van der Waals surface area contributed by atoms with Crippen molar-refractivity contribution in [2.45, 2.75) is 38.2 Å². The Bertz CT molecular complexity index is 1030. The number of esters is 1. The number of carbonyl (C=O) groups is 1. The topological polar surface area (TPSA) is 35.5 Å². The van der Waals surface area contributed by atoms with E-state index in [4.69, 9.17) is 9.47 Å². The highest BCUT2D eigenvalue weighted by Gasteiger charge is 2.41. The number of fused-ring (bicyclic) bond motifs is 2. The molecule has 2 aromatic rings. The number of rotatable bonds is 6. The zero-order valence-electron chi connectivity index (χ0n) is 18.0. The number of carbonyl (C=O) groups excluding carboxylic acids is 1. The molecule has 3 atom stereocenters. The molecule has 158 valence electrons. The van der Waals surface area contributed by atoms with Gasteiger partial charge in [-0.1, -0.05) is 62.4 Å². The smallest absolute Gasteiger partial charge is 0.314 e. The predicted molar refractivity (Wildman–Crippen MR) is 122 cm³/mol. The summed E-state index contributed by atoms with van der Waals surface area (Å²) in [5.74, 6) is 2.33. The maximum atomic E-state index is 12.6. The lowest BCUT2D eigenvalue weighted by Crippen LogP contribution is -2.24. The second-order valence-electron chi connectivity index (χ2n) is 9.33. The third-order valence-corrected chi connectivity index (χ3v) is 6.94. The van der Waals surface area contributed by atoms with E-state index < -0.39 is 0 Å². The van der Waals surface area contributed by atoms with Gasteiger partial charge in [0.25, 0.3) is 0 Å². The predicted octanol–water partition coefficient (Wildman–Crippen LogP) is 6.00. The van der Waals surface area contributed by atoms with E-state index in [1.165, 1.54) is 11.1 Å². The fourth-order valence-corrected chi connectivity index (χ4v) is 4.95. The number of allylic oxidation sites excluding steroid dienone is 4. The van der Waals surface area contributed by atoms with Crippen LogP contribution in [0.4, 0.5) is 0 Å². The minimum absolute atomic E-state index is 0.0158. The molecule has 3 aliphatic rings. The zero-order chi connectivity index (χ0) is 21.4. The molecule has 0 saturated heterocycles. The Balaban J connectivity index is 1.25. The molecule has 0 spiro atoms. The Hall–Kier alpha value is -3.07. The number of benzene rings is 2. The summed E-state index contributed by atoms with van der Waals surface area (Å²) < 4.78 is 11.6. The second kappa shape index (κ2) is 7.88. The van der Waals surface area contributed by atoms with Crippen LogP contribution in [0.1, 0.15) is 37.8 Å². The van der Waals surface area contributed by atoms with Crippen molar-refractivity contribution in [1.82, 2.24) is 0 Å². The van der Waals surface area contributed by atoms with Gasteiger partial charge in [0, 0.05) is 5.41 Å². The molecular formula is C28H28O3. The summed E-state index contributed by atoms with van der Waals surface area (Å²) in [6.45, 7) is 4.40. The van der Waals surface area contributed by atoms with Crippen molar-refractivity contribution < 1.29 is 14.3 Å². The van der Waals surface area contributed by atoms with Gasteiger partial charge in [0.1, 0.15) is 17.6 Å². The summed E-state index contributed by atoms with van der Waals surface area (Å²) in [6, 6.07) is 16.2. The zero-order valence-corrected chi connectivity index (χ0v) is 18.0. The van der Waals surface area contributed by atoms with Crippen LogP contribution >= 0.6 is 0 Å². The van der Waals surface area contributed by atoms with Crippen LogP contribution in [0.3, 0.4) is 0 Å². The lowest BCUT2D eigenvalue weighted by molar-refractivity contribution is -0.139. The first-order valence-electron chi connectivity index (χ1n) is 11.1. The maximum absolute atomic E-state index is 12.6. The summed E-state index contributed by atoms with van der Waals surface area (Å²) in [5.41, 5.74) is 2.20. The first-order chi connectivity index (χ1) is 15.0. The normalized spacial score (nSPS) is 24.1. The van der Waals surface area contributed by atoms with Gasteiger partial charge >= 0.3 is 5.97 Å². The van der Waals surface area contributed by atoms with E-state index in [0.717, 1.165) is 18.6 Å². The van der Waals surface area contributed by atoms with E-state index in [1.54, 1.807) is 0 Å². The van der Waals surface area contributed by atoms with Crippen molar-refractivity contribution in [2.75, 3.05) is 0 Å². The Kier molecular flexibility index (Phi) is 5.05. The second-order valence-corrected chi connectivity index (χ2v) is 9.33. The maximum Gasteiger partial charge on any atom is 0.314 e. The van der Waals surface area contributed by atoms with Crippen LogP contribution in [0.2, 0.25) is 0 Å². The average Bonchev–Trinajstić information content (AvgIpc) is 3.53. The van der Waals surface area contributed by atoms with E-state index in [2.05, 4.69) is 50.3 Å². The highest BCUT2D eigenvalue weighted by molar-refractivity contribution is 5.76. The Morgan fingerprint density at radius 3 is 1.97 bits per heavy atom. The number of hydrogen-bond acceptors (Lipinski definition) is 3. The lowest BCUT2D eigenvalue weighted by Gasteiger charge is -2.26. The van der Waals surface area contributed by atoms with Crippen molar-refractivity contribution in [3.8, 4) is 11.5 Å². The van der Waals surface area contributed by atoms with E-state index in [9.17, 15) is 4.79 Å². The summed E-state index contributed by atoms with van der Waals surface area (Å²) >= 11 is 0. The van der Waals surface area contributed by atoms with E-state index in [-0.39, 0.29) is 23.4 Å². The van der Waals surface area contributed by atoms with Gasteiger partial charge in [-0.05, 0) is 72.2 Å². The van der Waals surface area contributed by atoms with Gasteiger partial charge in [0.05, 0.1) is 5.92 Å². The number of hydrogen-bond donors (Lipinski definition) is 0. The van der Waals surface area contributed by atoms with Gasteiger partial charge in [0.15, 0.2) is 0 Å². The molecule has 1 saturated carbocycles. The van der Waals surface area contributed by atoms with E-state index in [1.807, 2.05) is 48.6 Å². The number of ether oxygens (including phenoxy) is 2. The molecule has 2 aromatic carbocycles. The fourth-order valence-electron chi connectivity index (χ4n) is 4.95. The molecule has 31 heavy (non-hydrogen) atoms. The molecule has 3 nitrogen and oxygen atoms in total. The van der Waals surface area contributed by atoms with Crippen LogP contribution in [-0.2, 0) is 10.2 Å². The average molecular weight is 413 g/mol. The largest absolute Gasteiger partial charge is 0.482 e. The Labute approximate surface area is 184 Å². The van der Waals surface area contributed by atoms with Gasteiger partial charge in [-0.3, -0.25) is 4.79 Å². The van der Waals surface area contributed by atoms with Crippen LogP contribution in [0.15, 0.2) is 85.0 Å². The summed E-state index contributed by atoms with van der Waals surface area (Å²) in [6.07, 6.45) is 14.5. The fraction of sp³-hybridized carbons (Fsp3) is 0.321. The van der Waals surface area contributed by atoms with Crippen LogP contribution in [0, 0.1) is 17.8 Å².